The quantitative estimate of drug-likeness (QED) is 0.545. The number of likely N-dealkylation sites (tertiary alicyclic amines) is 1. The number of ether oxygens (including phenoxy) is 2. The minimum Gasteiger partial charge on any atom is -0.493 e. The average molecular weight is 465 g/mol. The van der Waals surface area contributed by atoms with Crippen molar-refractivity contribution in [3.8, 4) is 11.5 Å². The molecule has 33 heavy (non-hydrogen) atoms. The number of hydrogen-bond acceptors (Lipinski definition) is 4. The van der Waals surface area contributed by atoms with Crippen LogP contribution in [0.2, 0.25) is 0 Å². The van der Waals surface area contributed by atoms with Crippen LogP contribution in [0.15, 0.2) is 42.5 Å². The number of benzene rings is 2. The third-order valence-electron chi connectivity index (χ3n) is 5.70. The first kappa shape index (κ1) is 24.9. The molecule has 0 spiro atoms. The molecule has 1 aliphatic heterocycles. The number of aryl methyl sites for hydroxylation is 1. The van der Waals surface area contributed by atoms with Crippen LogP contribution in [-0.4, -0.2) is 43.8 Å². The van der Waals surface area contributed by atoms with Gasteiger partial charge in [0.2, 0.25) is 5.91 Å². The fourth-order valence-electron chi connectivity index (χ4n) is 3.93. The van der Waals surface area contributed by atoms with Gasteiger partial charge in [0.25, 0.3) is 0 Å². The Morgan fingerprint density at radius 1 is 1.03 bits per heavy atom. The Hall–Kier alpha value is -2.74. The van der Waals surface area contributed by atoms with Gasteiger partial charge in [-0.2, -0.15) is 13.2 Å². The molecule has 0 unspecified atom stereocenters. The van der Waals surface area contributed by atoms with E-state index in [1.807, 2.05) is 18.2 Å². The first-order valence-electron chi connectivity index (χ1n) is 11.3. The van der Waals surface area contributed by atoms with E-state index < -0.39 is 12.8 Å². The molecule has 1 fully saturated rings. The van der Waals surface area contributed by atoms with Crippen LogP contribution >= 0.6 is 0 Å². The molecule has 0 saturated carbocycles. The molecule has 1 amide bonds. The van der Waals surface area contributed by atoms with Gasteiger partial charge in [-0.05, 0) is 61.2 Å². The minimum atomic E-state index is -4.42. The Bertz CT molecular complexity index is 912. The topological polar surface area (TPSA) is 50.8 Å². The molecular weight excluding hydrogens is 433 g/mol. The zero-order valence-corrected chi connectivity index (χ0v) is 18.9. The normalized spacial score (nSPS) is 14.7. The molecule has 0 aromatic heterocycles. The van der Waals surface area contributed by atoms with E-state index in [-0.39, 0.29) is 23.8 Å². The fourth-order valence-corrected chi connectivity index (χ4v) is 3.93. The second kappa shape index (κ2) is 11.9. The summed E-state index contributed by atoms with van der Waals surface area (Å²) in [6, 6.07) is 12.9. The number of nitrogens with zero attached hydrogens (tertiary/aromatic N) is 1. The van der Waals surface area contributed by atoms with E-state index in [0.29, 0.717) is 13.0 Å². The zero-order valence-electron chi connectivity index (χ0n) is 18.9. The predicted molar refractivity (Wildman–Crippen MR) is 120 cm³/mol. The molecule has 1 saturated heterocycles. The van der Waals surface area contributed by atoms with Gasteiger partial charge >= 0.3 is 6.18 Å². The molecule has 1 heterocycles. The molecule has 2 aromatic carbocycles. The fraction of sp³-hybridized carbons (Fsp3) is 0.480. The molecule has 0 bridgehead atoms. The van der Waals surface area contributed by atoms with E-state index >= 15 is 0 Å². The van der Waals surface area contributed by atoms with Crippen LogP contribution in [0.4, 0.5) is 13.2 Å². The molecule has 0 radical (unpaired) electrons. The third-order valence-corrected chi connectivity index (χ3v) is 5.70. The third kappa shape index (κ3) is 8.28. The Balaban J connectivity index is 1.50. The van der Waals surface area contributed by atoms with Gasteiger partial charge in [-0.15, -0.1) is 0 Å². The molecule has 2 aromatic rings. The van der Waals surface area contributed by atoms with E-state index in [1.165, 1.54) is 38.0 Å². The number of amides is 1. The van der Waals surface area contributed by atoms with E-state index in [2.05, 4.69) is 16.3 Å². The van der Waals surface area contributed by atoms with Gasteiger partial charge < -0.3 is 14.8 Å². The highest BCUT2D eigenvalue weighted by Gasteiger charge is 2.29. The smallest absolute Gasteiger partial charge is 0.422 e. The predicted octanol–water partition coefficient (Wildman–Crippen LogP) is 4.87. The number of carbonyl (C=O) groups excluding carboxylic acids is 1. The molecule has 3 rings (SSSR count). The van der Waals surface area contributed by atoms with E-state index in [1.54, 1.807) is 12.1 Å². The van der Waals surface area contributed by atoms with E-state index in [4.69, 9.17) is 9.47 Å². The lowest BCUT2D eigenvalue weighted by atomic mass is 10.0. The van der Waals surface area contributed by atoms with Crippen molar-refractivity contribution in [1.29, 1.82) is 0 Å². The lowest BCUT2D eigenvalue weighted by molar-refractivity contribution is -0.153. The summed E-state index contributed by atoms with van der Waals surface area (Å²) in [7, 11) is 1.37. The number of halogens is 3. The molecule has 1 N–H and O–H groups in total. The Kier molecular flexibility index (Phi) is 9.00. The van der Waals surface area contributed by atoms with Crippen molar-refractivity contribution in [3.63, 3.8) is 0 Å². The van der Waals surface area contributed by atoms with E-state index in [9.17, 15) is 18.0 Å². The second-order valence-electron chi connectivity index (χ2n) is 8.27. The van der Waals surface area contributed by atoms with Gasteiger partial charge in [-0.25, -0.2) is 0 Å². The van der Waals surface area contributed by atoms with Crippen molar-refractivity contribution in [3.05, 3.63) is 59.2 Å². The monoisotopic (exact) mass is 464 g/mol. The number of hydrogen-bond donors (Lipinski definition) is 1. The summed E-state index contributed by atoms with van der Waals surface area (Å²) in [5.41, 5.74) is 3.13. The summed E-state index contributed by atoms with van der Waals surface area (Å²) >= 11 is 0. The maximum atomic E-state index is 12.4. The summed E-state index contributed by atoms with van der Waals surface area (Å²) in [5.74, 6) is 0.149. The van der Waals surface area contributed by atoms with Gasteiger partial charge in [0.15, 0.2) is 18.1 Å². The van der Waals surface area contributed by atoms with Crippen LogP contribution < -0.4 is 14.8 Å². The number of carbonyl (C=O) groups is 1. The first-order chi connectivity index (χ1) is 15.8. The number of nitrogens with one attached hydrogen (secondary N) is 1. The summed E-state index contributed by atoms with van der Waals surface area (Å²) in [4.78, 5) is 14.9. The van der Waals surface area contributed by atoms with Crippen molar-refractivity contribution in [2.75, 3.05) is 26.8 Å². The number of alkyl halides is 3. The second-order valence-corrected chi connectivity index (χ2v) is 8.27. The first-order valence-corrected chi connectivity index (χ1v) is 11.3. The van der Waals surface area contributed by atoms with Crippen LogP contribution in [0.1, 0.15) is 42.4 Å². The number of rotatable bonds is 10. The lowest BCUT2D eigenvalue weighted by Crippen LogP contribution is -2.30. The van der Waals surface area contributed by atoms with Crippen molar-refractivity contribution in [1.82, 2.24) is 10.2 Å². The molecule has 0 aliphatic carbocycles. The van der Waals surface area contributed by atoms with Gasteiger partial charge in [0, 0.05) is 19.5 Å². The molecule has 0 atom stereocenters. The van der Waals surface area contributed by atoms with Crippen molar-refractivity contribution in [2.45, 2.75) is 51.4 Å². The Labute approximate surface area is 192 Å². The van der Waals surface area contributed by atoms with E-state index in [0.717, 1.165) is 30.8 Å². The van der Waals surface area contributed by atoms with Crippen LogP contribution in [0.5, 0.6) is 11.5 Å². The molecular formula is C25H31F3N2O3. The largest absolute Gasteiger partial charge is 0.493 e. The lowest BCUT2D eigenvalue weighted by Gasteiger charge is -2.27. The highest BCUT2D eigenvalue weighted by atomic mass is 19.4. The van der Waals surface area contributed by atoms with Gasteiger partial charge in [-0.3, -0.25) is 9.69 Å². The zero-order chi connectivity index (χ0) is 23.7. The van der Waals surface area contributed by atoms with Crippen LogP contribution in [0, 0.1) is 0 Å². The number of piperidine rings is 1. The molecule has 5 nitrogen and oxygen atoms in total. The van der Waals surface area contributed by atoms with Crippen LogP contribution in [-0.2, 0) is 24.3 Å². The van der Waals surface area contributed by atoms with Gasteiger partial charge in [0.1, 0.15) is 0 Å². The maximum absolute atomic E-state index is 12.4. The molecule has 180 valence electrons. The highest BCUT2D eigenvalue weighted by molar-refractivity contribution is 5.76. The summed E-state index contributed by atoms with van der Waals surface area (Å²) < 4.78 is 47.1. The Morgan fingerprint density at radius 3 is 2.45 bits per heavy atom. The van der Waals surface area contributed by atoms with Crippen molar-refractivity contribution in [2.24, 2.45) is 0 Å². The number of methoxy groups -OCH3 is 1. The van der Waals surface area contributed by atoms with Gasteiger partial charge in [-0.1, -0.05) is 36.8 Å². The average Bonchev–Trinajstić information content (AvgIpc) is 2.81. The Morgan fingerprint density at radius 2 is 1.76 bits per heavy atom. The summed E-state index contributed by atoms with van der Waals surface area (Å²) in [6.07, 6.45) is 0.0488. The van der Waals surface area contributed by atoms with Gasteiger partial charge in [0.05, 0.1) is 7.11 Å². The molecule has 8 heteroatoms. The van der Waals surface area contributed by atoms with Crippen LogP contribution in [0.25, 0.3) is 0 Å². The van der Waals surface area contributed by atoms with Crippen LogP contribution in [0.3, 0.4) is 0 Å². The minimum absolute atomic E-state index is 0.0216. The van der Waals surface area contributed by atoms with Crippen molar-refractivity contribution < 1.29 is 27.4 Å². The highest BCUT2D eigenvalue weighted by Crippen LogP contribution is 2.30. The summed E-state index contributed by atoms with van der Waals surface area (Å²) in [6.45, 7) is 2.21. The molecule has 1 aliphatic rings. The SMILES string of the molecule is COc1cc(CCC(=O)NCc2ccccc2CN2CCCCC2)ccc1OCC(F)(F)F. The standard InChI is InChI=1S/C25H31F3N2O3/c1-32-23-15-19(9-11-22(23)33-18-25(26,27)28)10-12-24(31)29-16-20-7-3-4-8-21(20)17-30-13-5-2-6-14-30/h3-4,7-9,11,15H,2,5-6,10,12-14,16-18H2,1H3,(H,29,31). The maximum Gasteiger partial charge on any atom is 0.422 e. The summed E-state index contributed by atoms with van der Waals surface area (Å²) in [5, 5.41) is 2.99. The van der Waals surface area contributed by atoms with Crippen molar-refractivity contribution >= 4 is 5.91 Å².